The van der Waals surface area contributed by atoms with Gasteiger partial charge in [0.05, 0.1) is 20.7 Å². The van der Waals surface area contributed by atoms with Crippen LogP contribution < -0.4 is 10.1 Å². The molecule has 0 aliphatic carbocycles. The van der Waals surface area contributed by atoms with E-state index in [4.69, 9.17) is 14.6 Å². The Morgan fingerprint density at radius 3 is 2.55 bits per heavy atom. The number of hydrogen-bond donors (Lipinski definition) is 2. The van der Waals surface area contributed by atoms with Gasteiger partial charge < -0.3 is 14.6 Å². The number of ether oxygens (including phenoxy) is 2. The van der Waals surface area contributed by atoms with Gasteiger partial charge in [0.25, 0.3) is 5.69 Å². The van der Waals surface area contributed by atoms with Gasteiger partial charge in [0.1, 0.15) is 18.0 Å². The number of benzene rings is 1. The molecule has 0 aromatic heterocycles. The lowest BCUT2D eigenvalue weighted by atomic mass is 10.2. The van der Waals surface area contributed by atoms with E-state index in [1.54, 1.807) is 0 Å². The van der Waals surface area contributed by atoms with Crippen molar-refractivity contribution in [2.24, 2.45) is 0 Å². The lowest BCUT2D eigenvalue weighted by Gasteiger charge is -2.19. The van der Waals surface area contributed by atoms with Crippen molar-refractivity contribution < 1.29 is 24.3 Å². The molecule has 1 aromatic rings. The second kappa shape index (κ2) is 7.58. The number of carboxylic acid groups (broad SMARTS) is 1. The van der Waals surface area contributed by atoms with Gasteiger partial charge in [0.15, 0.2) is 0 Å². The maximum atomic E-state index is 10.9. The molecule has 0 saturated carbocycles. The molecule has 0 aliphatic heterocycles. The Bertz CT molecular complexity index is 570. The first-order chi connectivity index (χ1) is 10.1. The fraction of sp³-hybridized carbons (Fsp3) is 0.462. The van der Waals surface area contributed by atoms with Crippen molar-refractivity contribution >= 4 is 40.1 Å². The molecule has 0 radical (unpaired) electrons. The molecule has 22 heavy (non-hydrogen) atoms. The van der Waals surface area contributed by atoms with Crippen LogP contribution in [0.5, 0.6) is 5.75 Å². The molecule has 1 rings (SSSR count). The molecule has 1 amide bonds. The smallest absolute Gasteiger partial charge is 0.409 e. The molecule has 9 heteroatoms. The Morgan fingerprint density at radius 1 is 1.41 bits per heavy atom. The van der Waals surface area contributed by atoms with Crippen LogP contribution >= 0.6 is 22.6 Å². The van der Waals surface area contributed by atoms with Crippen LogP contribution in [0.3, 0.4) is 0 Å². The van der Waals surface area contributed by atoms with Crippen LogP contribution in [0.25, 0.3) is 0 Å². The Labute approximate surface area is 141 Å². The minimum atomic E-state index is -1.38. The second-order valence-electron chi connectivity index (χ2n) is 5.30. The Kier molecular flexibility index (Phi) is 6.35. The molecular weight excluding hydrogens is 407 g/mol. The third-order valence-corrected chi connectivity index (χ3v) is 3.21. The van der Waals surface area contributed by atoms with E-state index in [0.717, 1.165) is 0 Å². The van der Waals surface area contributed by atoms with Crippen LogP contribution in [0.2, 0.25) is 0 Å². The standard InChI is InChI=1S/C13H17IN2O6/c1-13(2,3)22-5-4-21-11-7-9(15-12(17)18)10(16(19)20)6-8(11)14/h6-7,15H,4-5H2,1-3H3,(H,17,18). The summed E-state index contributed by atoms with van der Waals surface area (Å²) in [4.78, 5) is 21.0. The molecule has 0 fully saturated rings. The number of anilines is 1. The number of nitro groups is 1. The number of nitrogens with zero attached hydrogens (tertiary/aromatic N) is 1. The highest BCUT2D eigenvalue weighted by Gasteiger charge is 2.20. The van der Waals surface area contributed by atoms with Crippen molar-refractivity contribution in [2.45, 2.75) is 26.4 Å². The summed E-state index contributed by atoms with van der Waals surface area (Å²) in [6.45, 7) is 6.34. The van der Waals surface area contributed by atoms with E-state index >= 15 is 0 Å². The number of rotatable bonds is 6. The molecule has 0 unspecified atom stereocenters. The van der Waals surface area contributed by atoms with E-state index in [0.29, 0.717) is 15.9 Å². The fourth-order valence-electron chi connectivity index (χ4n) is 1.52. The van der Waals surface area contributed by atoms with E-state index in [1.807, 2.05) is 48.7 Å². The number of carbonyl (C=O) groups is 1. The highest BCUT2D eigenvalue weighted by molar-refractivity contribution is 14.1. The average Bonchev–Trinajstić information content (AvgIpc) is 2.35. The van der Waals surface area contributed by atoms with E-state index in [1.165, 1.54) is 12.1 Å². The normalized spacial score (nSPS) is 11.1. The monoisotopic (exact) mass is 424 g/mol. The Hall–Kier alpha value is -1.62. The van der Waals surface area contributed by atoms with Gasteiger partial charge in [-0.2, -0.15) is 0 Å². The minimum Gasteiger partial charge on any atom is -0.490 e. The summed E-state index contributed by atoms with van der Waals surface area (Å²) in [5.41, 5.74) is -0.753. The zero-order valence-corrected chi connectivity index (χ0v) is 14.5. The summed E-state index contributed by atoms with van der Waals surface area (Å²) in [5.74, 6) is 0.354. The van der Waals surface area contributed by atoms with Gasteiger partial charge in [-0.3, -0.25) is 15.4 Å². The summed E-state index contributed by atoms with van der Waals surface area (Å²) in [6.07, 6.45) is -1.38. The minimum absolute atomic E-state index is 0.135. The summed E-state index contributed by atoms with van der Waals surface area (Å²) < 4.78 is 11.5. The Morgan fingerprint density at radius 2 is 2.05 bits per heavy atom. The lowest BCUT2D eigenvalue weighted by Crippen LogP contribution is -2.22. The molecule has 8 nitrogen and oxygen atoms in total. The van der Waals surface area contributed by atoms with Gasteiger partial charge in [-0.05, 0) is 43.4 Å². The third kappa shape index (κ3) is 6.02. The van der Waals surface area contributed by atoms with Crippen molar-refractivity contribution in [3.8, 4) is 5.75 Å². The molecule has 2 N–H and O–H groups in total. The first-order valence-corrected chi connectivity index (χ1v) is 7.42. The van der Waals surface area contributed by atoms with Gasteiger partial charge in [-0.1, -0.05) is 0 Å². The second-order valence-corrected chi connectivity index (χ2v) is 6.46. The van der Waals surface area contributed by atoms with Crippen molar-refractivity contribution in [1.29, 1.82) is 0 Å². The maximum absolute atomic E-state index is 10.9. The average molecular weight is 424 g/mol. The first-order valence-electron chi connectivity index (χ1n) is 6.35. The molecule has 0 atom stereocenters. The van der Waals surface area contributed by atoms with Crippen molar-refractivity contribution in [3.05, 3.63) is 25.8 Å². The largest absolute Gasteiger partial charge is 0.490 e. The van der Waals surface area contributed by atoms with Crippen molar-refractivity contribution in [3.63, 3.8) is 0 Å². The number of amides is 1. The number of nitrogens with one attached hydrogen (secondary N) is 1. The molecule has 0 spiro atoms. The molecule has 0 aliphatic rings. The van der Waals surface area contributed by atoms with E-state index in [2.05, 4.69) is 0 Å². The highest BCUT2D eigenvalue weighted by Crippen LogP contribution is 2.33. The van der Waals surface area contributed by atoms with Gasteiger partial charge >= 0.3 is 6.09 Å². The molecule has 0 bridgehead atoms. The molecule has 0 saturated heterocycles. The van der Waals surface area contributed by atoms with Gasteiger partial charge in [0, 0.05) is 12.1 Å². The topological polar surface area (TPSA) is 111 Å². The first kappa shape index (κ1) is 18.4. The fourth-order valence-corrected chi connectivity index (χ4v) is 2.13. The third-order valence-electron chi connectivity index (χ3n) is 2.36. The maximum Gasteiger partial charge on any atom is 0.409 e. The zero-order valence-electron chi connectivity index (χ0n) is 12.4. The summed E-state index contributed by atoms with van der Waals surface area (Å²) in [7, 11) is 0. The lowest BCUT2D eigenvalue weighted by molar-refractivity contribution is -0.384. The molecule has 0 heterocycles. The molecule has 1 aromatic carbocycles. The Balaban J connectivity index is 2.87. The van der Waals surface area contributed by atoms with Gasteiger partial charge in [-0.25, -0.2) is 4.79 Å². The number of nitro benzene ring substituents is 1. The zero-order chi connectivity index (χ0) is 16.9. The van der Waals surface area contributed by atoms with Crippen LogP contribution in [-0.2, 0) is 4.74 Å². The van der Waals surface area contributed by atoms with Crippen LogP contribution in [-0.4, -0.2) is 34.9 Å². The van der Waals surface area contributed by atoms with Crippen LogP contribution in [0.15, 0.2) is 12.1 Å². The molecule has 122 valence electrons. The summed E-state index contributed by atoms with van der Waals surface area (Å²) in [6, 6.07) is 2.55. The van der Waals surface area contributed by atoms with Gasteiger partial charge in [-0.15, -0.1) is 0 Å². The summed E-state index contributed by atoms with van der Waals surface area (Å²) in [5, 5.41) is 21.7. The SMILES string of the molecule is CC(C)(C)OCCOc1cc(NC(=O)O)c([N+](=O)[O-])cc1I. The summed E-state index contributed by atoms with van der Waals surface area (Å²) >= 11 is 1.89. The van der Waals surface area contributed by atoms with Crippen LogP contribution in [0, 0.1) is 13.7 Å². The van der Waals surface area contributed by atoms with E-state index in [9.17, 15) is 14.9 Å². The highest BCUT2D eigenvalue weighted by atomic mass is 127. The van der Waals surface area contributed by atoms with Gasteiger partial charge in [0.2, 0.25) is 0 Å². The van der Waals surface area contributed by atoms with E-state index in [-0.39, 0.29) is 23.6 Å². The number of halogens is 1. The number of hydrogen-bond acceptors (Lipinski definition) is 5. The van der Waals surface area contributed by atoms with Crippen LogP contribution in [0.1, 0.15) is 20.8 Å². The molecular formula is C13H17IN2O6. The van der Waals surface area contributed by atoms with Crippen LogP contribution in [0.4, 0.5) is 16.2 Å². The quantitative estimate of drug-likeness (QED) is 0.313. The van der Waals surface area contributed by atoms with E-state index < -0.39 is 11.0 Å². The predicted molar refractivity (Wildman–Crippen MR) is 88.7 cm³/mol. The van der Waals surface area contributed by atoms with Crippen molar-refractivity contribution in [1.82, 2.24) is 0 Å². The van der Waals surface area contributed by atoms with Crippen molar-refractivity contribution in [2.75, 3.05) is 18.5 Å². The predicted octanol–water partition coefficient (Wildman–Crippen LogP) is 3.48.